The molecule has 0 bridgehead atoms. The van der Waals surface area contributed by atoms with Gasteiger partial charge >= 0.3 is 7.60 Å². The molecule has 0 fully saturated rings. The predicted molar refractivity (Wildman–Crippen MR) is 52.8 cm³/mol. The number of thiocarbonyl (C=S) groups is 1. The summed E-state index contributed by atoms with van der Waals surface area (Å²) in [5.41, 5.74) is 0.521. The van der Waals surface area contributed by atoms with Crippen LogP contribution in [-0.2, 0) is 4.57 Å². The van der Waals surface area contributed by atoms with Crippen LogP contribution in [0.1, 0.15) is 0 Å². The number of nitrogens with zero attached hydrogens (tertiary/aromatic N) is 1. The highest BCUT2D eigenvalue weighted by atomic mass is 32.1. The van der Waals surface area contributed by atoms with Gasteiger partial charge in [-0.15, -0.1) is 0 Å². The number of rotatable bonds is 2. The maximum Gasteiger partial charge on any atom is 0.356 e. The summed E-state index contributed by atoms with van der Waals surface area (Å²) >= 11 is 4.37. The molecule has 68 valence electrons. The molecule has 0 radical (unpaired) electrons. The van der Waals surface area contributed by atoms with Gasteiger partial charge in [-0.05, 0) is 36.5 Å². The second-order valence-corrected chi connectivity index (χ2v) is 4.05. The Labute approximate surface area is 80.1 Å². The van der Waals surface area contributed by atoms with Crippen molar-refractivity contribution in [2.75, 3.05) is 0 Å². The van der Waals surface area contributed by atoms with E-state index in [1.54, 1.807) is 0 Å². The SMILES string of the molecule is O=P(O)(O)c1ccc(N=C=S)cc1. The van der Waals surface area contributed by atoms with Crippen LogP contribution in [0.15, 0.2) is 29.3 Å². The van der Waals surface area contributed by atoms with Gasteiger partial charge in [0.2, 0.25) is 0 Å². The molecule has 2 N–H and O–H groups in total. The number of hydrogen-bond acceptors (Lipinski definition) is 3. The second-order valence-electron chi connectivity index (χ2n) is 2.26. The maximum absolute atomic E-state index is 10.7. The molecule has 0 aliphatic rings. The first-order valence-electron chi connectivity index (χ1n) is 3.28. The molecule has 0 aromatic heterocycles. The Balaban J connectivity index is 3.07. The fourth-order valence-electron chi connectivity index (χ4n) is 0.774. The lowest BCUT2D eigenvalue weighted by Crippen LogP contribution is -2.01. The zero-order valence-corrected chi connectivity index (χ0v) is 8.13. The minimum absolute atomic E-state index is 0.0316. The molecule has 1 rings (SSSR count). The standard InChI is InChI=1S/C7H6NO3PS/c9-12(10,11)7-3-1-6(2-4-7)8-5-13/h1-4H,(H2,9,10,11). The van der Waals surface area contributed by atoms with Gasteiger partial charge in [0.05, 0.1) is 16.2 Å². The summed E-state index contributed by atoms with van der Waals surface area (Å²) < 4.78 is 10.7. The van der Waals surface area contributed by atoms with E-state index in [4.69, 9.17) is 9.79 Å². The lowest BCUT2D eigenvalue weighted by molar-refractivity contribution is 0.387. The van der Waals surface area contributed by atoms with E-state index in [9.17, 15) is 4.57 Å². The molecule has 13 heavy (non-hydrogen) atoms. The summed E-state index contributed by atoms with van der Waals surface area (Å²) in [6, 6.07) is 5.56. The van der Waals surface area contributed by atoms with Gasteiger partial charge in [0.25, 0.3) is 0 Å². The maximum atomic E-state index is 10.7. The average molecular weight is 215 g/mol. The van der Waals surface area contributed by atoms with Gasteiger partial charge in [-0.2, -0.15) is 4.99 Å². The number of hydrogen-bond donors (Lipinski definition) is 2. The van der Waals surface area contributed by atoms with E-state index >= 15 is 0 Å². The molecule has 0 amide bonds. The van der Waals surface area contributed by atoms with Gasteiger partial charge < -0.3 is 9.79 Å². The molecule has 1 aromatic rings. The summed E-state index contributed by atoms with van der Waals surface area (Å²) in [4.78, 5) is 21.1. The van der Waals surface area contributed by atoms with Crippen molar-refractivity contribution in [3.63, 3.8) is 0 Å². The number of benzene rings is 1. The van der Waals surface area contributed by atoms with Crippen LogP contribution in [-0.4, -0.2) is 14.9 Å². The van der Waals surface area contributed by atoms with Crippen LogP contribution in [0, 0.1) is 0 Å². The zero-order chi connectivity index (χ0) is 9.90. The van der Waals surface area contributed by atoms with E-state index in [-0.39, 0.29) is 5.30 Å². The molecule has 4 nitrogen and oxygen atoms in total. The van der Waals surface area contributed by atoms with Gasteiger partial charge in [0.1, 0.15) is 0 Å². The predicted octanol–water partition coefficient (Wildman–Crippen LogP) is 1.22. The average Bonchev–Trinajstić information content (AvgIpc) is 2.04. The van der Waals surface area contributed by atoms with Crippen molar-refractivity contribution in [2.45, 2.75) is 0 Å². The van der Waals surface area contributed by atoms with Gasteiger partial charge in [0, 0.05) is 0 Å². The highest BCUT2D eigenvalue weighted by molar-refractivity contribution is 7.78. The van der Waals surface area contributed by atoms with E-state index in [1.165, 1.54) is 24.3 Å². The van der Waals surface area contributed by atoms with Crippen molar-refractivity contribution in [3.8, 4) is 0 Å². The van der Waals surface area contributed by atoms with Crippen LogP contribution in [0.5, 0.6) is 0 Å². The van der Waals surface area contributed by atoms with Crippen LogP contribution in [0.25, 0.3) is 0 Å². The largest absolute Gasteiger partial charge is 0.356 e. The Kier molecular flexibility index (Phi) is 3.09. The van der Waals surface area contributed by atoms with Crippen molar-refractivity contribution >= 4 is 36.0 Å². The third-order valence-corrected chi connectivity index (χ3v) is 2.42. The van der Waals surface area contributed by atoms with Crippen molar-refractivity contribution in [1.82, 2.24) is 0 Å². The molecule has 0 unspecified atom stereocenters. The molecule has 0 aliphatic carbocycles. The van der Waals surface area contributed by atoms with E-state index in [1.807, 2.05) is 0 Å². The van der Waals surface area contributed by atoms with Crippen LogP contribution in [0.3, 0.4) is 0 Å². The Hall–Kier alpha value is -0.830. The quantitative estimate of drug-likeness (QED) is 0.442. The summed E-state index contributed by atoms with van der Waals surface area (Å²) in [6.07, 6.45) is 0. The van der Waals surface area contributed by atoms with Crippen LogP contribution < -0.4 is 5.30 Å². The molecule has 0 spiro atoms. The number of aliphatic imine (C=N–C) groups is 1. The van der Waals surface area contributed by atoms with Crippen LogP contribution in [0.4, 0.5) is 5.69 Å². The van der Waals surface area contributed by atoms with Gasteiger partial charge in [-0.1, -0.05) is 0 Å². The molecule has 0 atom stereocenters. The van der Waals surface area contributed by atoms with Gasteiger partial charge in [-0.3, -0.25) is 4.57 Å². The Morgan fingerprint density at radius 3 is 2.23 bits per heavy atom. The van der Waals surface area contributed by atoms with Crippen LogP contribution >= 0.6 is 19.8 Å². The minimum Gasteiger partial charge on any atom is -0.321 e. The first-order chi connectivity index (χ1) is 6.04. The Morgan fingerprint density at radius 2 is 1.85 bits per heavy atom. The van der Waals surface area contributed by atoms with E-state index < -0.39 is 7.60 Å². The molecule has 0 saturated carbocycles. The highest BCUT2D eigenvalue weighted by Crippen LogP contribution is 2.33. The third kappa shape index (κ3) is 2.84. The van der Waals surface area contributed by atoms with Crippen LogP contribution in [0.2, 0.25) is 0 Å². The van der Waals surface area contributed by atoms with E-state index in [2.05, 4.69) is 22.4 Å². The molecule has 0 heterocycles. The minimum atomic E-state index is -4.14. The second kappa shape index (κ2) is 3.92. The molecule has 6 heteroatoms. The monoisotopic (exact) mass is 215 g/mol. The lowest BCUT2D eigenvalue weighted by atomic mass is 10.3. The Morgan fingerprint density at radius 1 is 1.31 bits per heavy atom. The summed E-state index contributed by atoms with van der Waals surface area (Å²) in [5, 5.41) is 2.12. The van der Waals surface area contributed by atoms with E-state index in [0.717, 1.165) is 0 Å². The zero-order valence-electron chi connectivity index (χ0n) is 6.41. The van der Waals surface area contributed by atoms with Crippen molar-refractivity contribution in [3.05, 3.63) is 24.3 Å². The topological polar surface area (TPSA) is 69.9 Å². The molecular weight excluding hydrogens is 209 g/mol. The third-order valence-electron chi connectivity index (χ3n) is 1.36. The Bertz CT molecular complexity index is 391. The summed E-state index contributed by atoms with van der Waals surface area (Å²) in [5.74, 6) is 0. The normalized spacial score (nSPS) is 10.6. The van der Waals surface area contributed by atoms with Crippen molar-refractivity contribution in [1.29, 1.82) is 0 Å². The molecular formula is C7H6NO3PS. The van der Waals surface area contributed by atoms with Gasteiger partial charge in [0.15, 0.2) is 0 Å². The number of isothiocyanates is 1. The van der Waals surface area contributed by atoms with E-state index in [0.29, 0.717) is 5.69 Å². The molecule has 0 aliphatic heterocycles. The molecule has 0 saturated heterocycles. The smallest absolute Gasteiger partial charge is 0.321 e. The fourth-order valence-corrected chi connectivity index (χ4v) is 1.42. The lowest BCUT2D eigenvalue weighted by Gasteiger charge is -2.02. The molecule has 1 aromatic carbocycles. The van der Waals surface area contributed by atoms with Crippen molar-refractivity contribution < 1.29 is 14.4 Å². The first-order valence-corrected chi connectivity index (χ1v) is 5.30. The fraction of sp³-hybridized carbons (Fsp3) is 0. The van der Waals surface area contributed by atoms with Crippen molar-refractivity contribution in [2.24, 2.45) is 4.99 Å². The first kappa shape index (κ1) is 10.3. The van der Waals surface area contributed by atoms with Gasteiger partial charge in [-0.25, -0.2) is 0 Å². The highest BCUT2D eigenvalue weighted by Gasteiger charge is 2.15. The summed E-state index contributed by atoms with van der Waals surface area (Å²) in [6.45, 7) is 0. The summed E-state index contributed by atoms with van der Waals surface area (Å²) in [7, 11) is -4.14.